The molecule has 2 atom stereocenters. The summed E-state index contributed by atoms with van der Waals surface area (Å²) in [6, 6.07) is 11.1. The summed E-state index contributed by atoms with van der Waals surface area (Å²) in [5, 5.41) is 10.8. The molecule has 0 spiro atoms. The Balaban J connectivity index is 1.56. The smallest absolute Gasteiger partial charge is 0.290 e. The lowest BCUT2D eigenvalue weighted by Gasteiger charge is -2.33. The second-order valence-electron chi connectivity index (χ2n) is 8.25. The lowest BCUT2D eigenvalue weighted by molar-refractivity contribution is -0.130. The third-order valence-corrected chi connectivity index (χ3v) is 6.30. The monoisotopic (exact) mass is 450 g/mol. The Bertz CT molecular complexity index is 1160. The maximum absolute atomic E-state index is 13.7. The number of rotatable bonds is 7. The van der Waals surface area contributed by atoms with Crippen LogP contribution < -0.4 is 0 Å². The molecule has 2 unspecified atom stereocenters. The third-order valence-electron chi connectivity index (χ3n) is 6.30. The van der Waals surface area contributed by atoms with Crippen molar-refractivity contribution >= 4 is 11.7 Å². The van der Waals surface area contributed by atoms with E-state index in [9.17, 15) is 19.1 Å². The van der Waals surface area contributed by atoms with E-state index >= 15 is 0 Å². The average Bonchev–Trinajstić information content (AvgIpc) is 3.62. The van der Waals surface area contributed by atoms with Gasteiger partial charge in [0, 0.05) is 6.54 Å². The van der Waals surface area contributed by atoms with Crippen LogP contribution in [0, 0.1) is 5.82 Å². The van der Waals surface area contributed by atoms with Gasteiger partial charge in [0.2, 0.25) is 5.78 Å². The Kier molecular flexibility index (Phi) is 5.60. The van der Waals surface area contributed by atoms with Gasteiger partial charge in [0.05, 0.1) is 30.2 Å². The van der Waals surface area contributed by atoms with Gasteiger partial charge in [-0.3, -0.25) is 14.5 Å². The summed E-state index contributed by atoms with van der Waals surface area (Å²) in [6.45, 7) is 1.89. The molecule has 1 aromatic carbocycles. The van der Waals surface area contributed by atoms with Gasteiger partial charge in [0.1, 0.15) is 11.6 Å². The van der Waals surface area contributed by atoms with E-state index in [1.807, 2.05) is 6.07 Å². The summed E-state index contributed by atoms with van der Waals surface area (Å²) in [7, 11) is 0. The molecule has 1 N–H and O–H groups in total. The van der Waals surface area contributed by atoms with E-state index in [0.717, 1.165) is 25.9 Å². The van der Waals surface area contributed by atoms with Crippen LogP contribution in [0.25, 0.3) is 0 Å². The van der Waals surface area contributed by atoms with E-state index in [4.69, 9.17) is 8.83 Å². The number of carbonyl (C=O) groups is 2. The van der Waals surface area contributed by atoms with Gasteiger partial charge in [0.25, 0.3) is 5.91 Å². The second kappa shape index (κ2) is 8.71. The summed E-state index contributed by atoms with van der Waals surface area (Å²) in [5.41, 5.74) is 0.435. The van der Waals surface area contributed by atoms with Crippen LogP contribution in [0.15, 0.2) is 81.2 Å². The van der Waals surface area contributed by atoms with Crippen LogP contribution in [-0.2, 0) is 4.79 Å². The highest BCUT2D eigenvalue weighted by Gasteiger charge is 2.46. The van der Waals surface area contributed by atoms with Crippen LogP contribution in [0.3, 0.4) is 0 Å². The summed E-state index contributed by atoms with van der Waals surface area (Å²) in [4.78, 5) is 30.2. The molecule has 170 valence electrons. The fourth-order valence-corrected chi connectivity index (χ4v) is 4.71. The number of carbonyl (C=O) groups excluding carboxylic acids is 2. The molecule has 1 fully saturated rings. The molecule has 3 aromatic rings. The Morgan fingerprint density at radius 2 is 1.76 bits per heavy atom. The number of hydrogen-bond donors (Lipinski definition) is 1. The summed E-state index contributed by atoms with van der Waals surface area (Å²) < 4.78 is 24.6. The maximum Gasteiger partial charge on any atom is 0.290 e. The van der Waals surface area contributed by atoms with Gasteiger partial charge in [-0.15, -0.1) is 0 Å². The van der Waals surface area contributed by atoms with Crippen LogP contribution >= 0.6 is 0 Å². The zero-order chi connectivity index (χ0) is 22.9. The van der Waals surface area contributed by atoms with E-state index in [-0.39, 0.29) is 23.9 Å². The van der Waals surface area contributed by atoms with Gasteiger partial charge < -0.3 is 18.8 Å². The van der Waals surface area contributed by atoms with Gasteiger partial charge in [-0.1, -0.05) is 12.1 Å². The SMILES string of the molecule is O=C(C1=C(O)C(=O)N(CC(c2ccco2)N2CCCC2)C1c1ccc(F)cc1)c1ccco1. The highest BCUT2D eigenvalue weighted by Crippen LogP contribution is 2.41. The summed E-state index contributed by atoms with van der Waals surface area (Å²) in [6.07, 6.45) is 5.02. The van der Waals surface area contributed by atoms with E-state index in [1.54, 1.807) is 18.4 Å². The topological polar surface area (TPSA) is 87.1 Å². The molecule has 4 heterocycles. The number of benzene rings is 1. The maximum atomic E-state index is 13.7. The van der Waals surface area contributed by atoms with Gasteiger partial charge >= 0.3 is 0 Å². The minimum Gasteiger partial charge on any atom is -0.503 e. The largest absolute Gasteiger partial charge is 0.503 e. The standard InChI is InChI=1S/C25H23FN2O5/c26-17-9-7-16(8-10-17)22-21(23(29)20-6-4-14-33-20)24(30)25(31)28(22)15-18(19-5-3-13-32-19)27-11-1-2-12-27/h3-10,13-14,18,22,30H,1-2,11-12,15H2. The number of halogens is 1. The van der Waals surface area contributed by atoms with E-state index < -0.39 is 29.3 Å². The van der Waals surface area contributed by atoms with Crippen LogP contribution in [0.2, 0.25) is 0 Å². The van der Waals surface area contributed by atoms with Crippen molar-refractivity contribution in [2.75, 3.05) is 19.6 Å². The fraction of sp³-hybridized carbons (Fsp3) is 0.280. The molecule has 0 radical (unpaired) electrons. The van der Waals surface area contributed by atoms with Gasteiger partial charge in [-0.2, -0.15) is 0 Å². The van der Waals surface area contributed by atoms with Crippen molar-refractivity contribution in [2.45, 2.75) is 24.9 Å². The molecule has 2 aromatic heterocycles. The van der Waals surface area contributed by atoms with E-state index in [0.29, 0.717) is 11.3 Å². The minimum atomic E-state index is -0.893. The quantitative estimate of drug-likeness (QED) is 0.536. The number of aliphatic hydroxyl groups is 1. The van der Waals surface area contributed by atoms with Crippen molar-refractivity contribution in [2.24, 2.45) is 0 Å². The van der Waals surface area contributed by atoms with Crippen LogP contribution in [0.5, 0.6) is 0 Å². The highest BCUT2D eigenvalue weighted by atomic mass is 19.1. The number of hydrogen-bond acceptors (Lipinski definition) is 6. The lowest BCUT2D eigenvalue weighted by atomic mass is 9.94. The molecule has 2 aliphatic heterocycles. The number of ketones is 1. The van der Waals surface area contributed by atoms with Crippen LogP contribution in [0.4, 0.5) is 4.39 Å². The van der Waals surface area contributed by atoms with Gasteiger partial charge in [-0.05, 0) is 67.9 Å². The molecular formula is C25H23FN2O5. The molecule has 0 saturated carbocycles. The van der Waals surface area contributed by atoms with Crippen LogP contribution in [0.1, 0.15) is 46.8 Å². The molecule has 8 heteroatoms. The molecular weight excluding hydrogens is 427 g/mol. The second-order valence-corrected chi connectivity index (χ2v) is 8.25. The summed E-state index contributed by atoms with van der Waals surface area (Å²) in [5.74, 6) is -1.58. The van der Waals surface area contributed by atoms with Gasteiger partial charge in [-0.25, -0.2) is 4.39 Å². The van der Waals surface area contributed by atoms with Crippen molar-refractivity contribution in [1.29, 1.82) is 0 Å². The molecule has 0 bridgehead atoms. The average molecular weight is 450 g/mol. The van der Waals surface area contributed by atoms with Crippen molar-refractivity contribution < 1.29 is 27.9 Å². The summed E-state index contributed by atoms with van der Waals surface area (Å²) >= 11 is 0. The Morgan fingerprint density at radius 1 is 1.06 bits per heavy atom. The number of amides is 1. The van der Waals surface area contributed by atoms with E-state index in [2.05, 4.69) is 4.90 Å². The third kappa shape index (κ3) is 3.87. The predicted octanol–water partition coefficient (Wildman–Crippen LogP) is 4.43. The molecule has 2 aliphatic rings. The zero-order valence-corrected chi connectivity index (χ0v) is 17.8. The predicted molar refractivity (Wildman–Crippen MR) is 116 cm³/mol. The molecule has 0 aliphatic carbocycles. The minimum absolute atomic E-state index is 0.0143. The normalized spacial score (nSPS) is 20.1. The van der Waals surface area contributed by atoms with Crippen molar-refractivity contribution in [3.8, 4) is 0 Å². The molecule has 33 heavy (non-hydrogen) atoms. The van der Waals surface area contributed by atoms with Gasteiger partial charge in [0.15, 0.2) is 11.5 Å². The van der Waals surface area contributed by atoms with Crippen molar-refractivity contribution in [3.63, 3.8) is 0 Å². The molecule has 5 rings (SSSR count). The molecule has 1 saturated heterocycles. The first-order valence-electron chi connectivity index (χ1n) is 10.9. The fourth-order valence-electron chi connectivity index (χ4n) is 4.71. The zero-order valence-electron chi connectivity index (χ0n) is 17.8. The first-order valence-corrected chi connectivity index (χ1v) is 10.9. The Labute approximate surface area is 189 Å². The van der Waals surface area contributed by atoms with Crippen molar-refractivity contribution in [3.05, 3.63) is 95.3 Å². The number of aliphatic hydroxyl groups excluding tert-OH is 1. The highest BCUT2D eigenvalue weighted by molar-refractivity contribution is 6.15. The first kappa shape index (κ1) is 21.2. The molecule has 7 nitrogen and oxygen atoms in total. The first-order chi connectivity index (χ1) is 16.0. The van der Waals surface area contributed by atoms with Crippen molar-refractivity contribution in [1.82, 2.24) is 9.80 Å². The number of Topliss-reactive ketones (excluding diaryl/α,β-unsaturated/α-hetero) is 1. The number of nitrogens with zero attached hydrogens (tertiary/aromatic N) is 2. The Hall–Kier alpha value is -3.65. The lowest BCUT2D eigenvalue weighted by Crippen LogP contribution is -2.40. The number of furan rings is 2. The molecule has 1 amide bonds. The van der Waals surface area contributed by atoms with E-state index in [1.165, 1.54) is 41.5 Å². The number of likely N-dealkylation sites (tertiary alicyclic amines) is 1. The van der Waals surface area contributed by atoms with Crippen LogP contribution in [-0.4, -0.2) is 46.2 Å². The Morgan fingerprint density at radius 3 is 2.39 bits per heavy atom.